The minimum Gasteiger partial charge on any atom is -0.388 e. The van der Waals surface area contributed by atoms with Crippen LogP contribution in [0.1, 0.15) is 30.9 Å². The van der Waals surface area contributed by atoms with Gasteiger partial charge < -0.3 is 15.7 Å². The fourth-order valence-corrected chi connectivity index (χ4v) is 7.89. The SMILES string of the molecule is CS(=O)(=O)c1ccccc1-c1ccc(N2CCCC(OS(=O)(=O)c3ccc4cc(Cl)ccc4c3C(O)CC(N)=O)C2=O)c(F)c1. The van der Waals surface area contributed by atoms with Crippen molar-refractivity contribution in [3.63, 3.8) is 0 Å². The van der Waals surface area contributed by atoms with E-state index in [1.54, 1.807) is 24.3 Å². The van der Waals surface area contributed by atoms with E-state index < -0.39 is 61.1 Å². The van der Waals surface area contributed by atoms with Gasteiger partial charge in [0, 0.05) is 29.0 Å². The van der Waals surface area contributed by atoms with Crippen LogP contribution >= 0.6 is 11.6 Å². The molecule has 2 unspecified atom stereocenters. The summed E-state index contributed by atoms with van der Waals surface area (Å²) in [7, 11) is -8.34. The normalized spacial score (nSPS) is 16.6. The molecule has 10 nitrogen and oxygen atoms in total. The number of piperidine rings is 1. The van der Waals surface area contributed by atoms with Crippen LogP contribution in [-0.4, -0.2) is 52.7 Å². The number of nitrogens with zero attached hydrogens (tertiary/aromatic N) is 1. The Labute approximate surface area is 264 Å². The number of halogens is 2. The summed E-state index contributed by atoms with van der Waals surface area (Å²) in [6.07, 6.45) is -2.37. The maximum absolute atomic E-state index is 15.5. The van der Waals surface area contributed by atoms with E-state index in [0.29, 0.717) is 10.4 Å². The maximum atomic E-state index is 15.5. The number of primary amides is 1. The number of amides is 2. The van der Waals surface area contributed by atoms with Gasteiger partial charge in [-0.3, -0.25) is 13.8 Å². The lowest BCUT2D eigenvalue weighted by Crippen LogP contribution is -2.46. The van der Waals surface area contributed by atoms with E-state index in [2.05, 4.69) is 0 Å². The highest BCUT2D eigenvalue weighted by atomic mass is 35.5. The first kappa shape index (κ1) is 32.5. The lowest BCUT2D eigenvalue weighted by atomic mass is 9.98. The number of sulfone groups is 1. The maximum Gasteiger partial charge on any atom is 0.298 e. The molecule has 4 aromatic rings. The van der Waals surface area contributed by atoms with Gasteiger partial charge in [0.15, 0.2) is 15.9 Å². The molecule has 1 saturated heterocycles. The van der Waals surface area contributed by atoms with Crippen molar-refractivity contribution < 1.29 is 40.1 Å². The fourth-order valence-electron chi connectivity index (χ4n) is 5.46. The lowest BCUT2D eigenvalue weighted by Gasteiger charge is -2.32. The Morgan fingerprint density at radius 2 is 1.80 bits per heavy atom. The number of anilines is 1. The lowest BCUT2D eigenvalue weighted by molar-refractivity contribution is -0.126. The minimum absolute atomic E-state index is 0.0123. The van der Waals surface area contributed by atoms with Crippen molar-refractivity contribution in [3.8, 4) is 11.1 Å². The molecule has 0 radical (unpaired) electrons. The first-order chi connectivity index (χ1) is 21.2. The molecule has 1 heterocycles. The van der Waals surface area contributed by atoms with Crippen LogP contribution in [-0.2, 0) is 33.7 Å². The van der Waals surface area contributed by atoms with Crippen molar-refractivity contribution in [2.45, 2.75) is 41.3 Å². The zero-order valence-corrected chi connectivity index (χ0v) is 26.2. The number of carbonyl (C=O) groups is 2. The van der Waals surface area contributed by atoms with E-state index >= 15 is 4.39 Å². The number of aliphatic hydroxyl groups is 1. The molecule has 1 aliphatic heterocycles. The van der Waals surface area contributed by atoms with Gasteiger partial charge in [-0.1, -0.05) is 48.0 Å². The Morgan fingerprint density at radius 3 is 2.49 bits per heavy atom. The van der Waals surface area contributed by atoms with Gasteiger partial charge in [-0.15, -0.1) is 0 Å². The van der Waals surface area contributed by atoms with Gasteiger partial charge in [-0.25, -0.2) is 12.8 Å². The van der Waals surface area contributed by atoms with Crippen LogP contribution in [0.3, 0.4) is 0 Å². The number of carbonyl (C=O) groups excluding carboxylic acids is 2. The summed E-state index contributed by atoms with van der Waals surface area (Å²) < 4.78 is 72.7. The van der Waals surface area contributed by atoms with Gasteiger partial charge in [0.25, 0.3) is 16.0 Å². The Morgan fingerprint density at radius 1 is 1.07 bits per heavy atom. The predicted octanol–water partition coefficient (Wildman–Crippen LogP) is 4.51. The third-order valence-electron chi connectivity index (χ3n) is 7.45. The number of hydrogen-bond donors (Lipinski definition) is 2. The molecule has 0 aliphatic carbocycles. The molecule has 1 aliphatic rings. The number of hydrogen-bond acceptors (Lipinski definition) is 8. The Balaban J connectivity index is 1.46. The van der Waals surface area contributed by atoms with Crippen molar-refractivity contribution in [3.05, 3.63) is 89.2 Å². The first-order valence-corrected chi connectivity index (χ1v) is 17.4. The van der Waals surface area contributed by atoms with Crippen LogP contribution in [0.4, 0.5) is 10.1 Å². The number of nitrogens with two attached hydrogens (primary N) is 1. The van der Waals surface area contributed by atoms with Crippen molar-refractivity contribution in [2.24, 2.45) is 5.73 Å². The number of fused-ring (bicyclic) bond motifs is 1. The molecule has 0 bridgehead atoms. The number of benzene rings is 4. The highest BCUT2D eigenvalue weighted by Crippen LogP contribution is 2.37. The minimum atomic E-state index is -4.73. The third-order valence-corrected chi connectivity index (χ3v) is 10.2. The zero-order chi connectivity index (χ0) is 32.7. The highest BCUT2D eigenvalue weighted by Gasteiger charge is 2.37. The summed E-state index contributed by atoms with van der Waals surface area (Å²) in [5, 5.41) is 12.0. The van der Waals surface area contributed by atoms with Crippen molar-refractivity contribution in [1.82, 2.24) is 0 Å². The van der Waals surface area contributed by atoms with E-state index in [1.165, 1.54) is 42.5 Å². The summed E-state index contributed by atoms with van der Waals surface area (Å²) in [6, 6.07) is 17.2. The van der Waals surface area contributed by atoms with Crippen LogP contribution in [0.5, 0.6) is 0 Å². The summed E-state index contributed by atoms with van der Waals surface area (Å²) in [6.45, 7) is 0.0776. The smallest absolute Gasteiger partial charge is 0.298 e. The van der Waals surface area contributed by atoms with Crippen molar-refractivity contribution in [1.29, 1.82) is 0 Å². The zero-order valence-electron chi connectivity index (χ0n) is 23.8. The summed E-state index contributed by atoms with van der Waals surface area (Å²) in [4.78, 5) is 25.7. The topological polar surface area (TPSA) is 161 Å². The molecule has 5 rings (SSSR count). The van der Waals surface area contributed by atoms with Gasteiger partial charge in [0.1, 0.15) is 10.7 Å². The van der Waals surface area contributed by atoms with Crippen LogP contribution in [0.25, 0.3) is 21.9 Å². The molecular weight excluding hydrogens is 647 g/mol. The second kappa shape index (κ2) is 12.5. The highest BCUT2D eigenvalue weighted by molar-refractivity contribution is 7.90. The molecule has 4 aromatic carbocycles. The average molecular weight is 675 g/mol. The second-order valence-electron chi connectivity index (χ2n) is 10.6. The van der Waals surface area contributed by atoms with Crippen LogP contribution in [0.2, 0.25) is 5.02 Å². The van der Waals surface area contributed by atoms with E-state index in [4.69, 9.17) is 21.5 Å². The largest absolute Gasteiger partial charge is 0.388 e. The van der Waals surface area contributed by atoms with E-state index in [1.807, 2.05) is 0 Å². The Bertz CT molecular complexity index is 2050. The second-order valence-corrected chi connectivity index (χ2v) is 14.6. The van der Waals surface area contributed by atoms with Crippen molar-refractivity contribution in [2.75, 3.05) is 17.7 Å². The molecule has 3 N–H and O–H groups in total. The molecule has 1 fully saturated rings. The molecule has 14 heteroatoms. The van der Waals surface area contributed by atoms with Crippen molar-refractivity contribution >= 4 is 59.8 Å². The number of aliphatic hydroxyl groups excluding tert-OH is 1. The van der Waals surface area contributed by atoms with Crippen LogP contribution < -0.4 is 10.6 Å². The molecule has 236 valence electrons. The van der Waals surface area contributed by atoms with E-state index in [-0.39, 0.29) is 52.0 Å². The standard InChI is InChI=1S/C31H28ClFN2O8S2/c1-44(39,40)27-7-3-2-5-21(27)19-8-12-24(23(33)16-19)35-14-4-6-26(31(35)38)43-45(41,42)28-13-9-18-15-20(32)10-11-22(18)30(28)25(36)17-29(34)37/h2-3,5,7-13,15-16,25-26,36H,4,6,14,17H2,1H3,(H2,34,37). The van der Waals surface area contributed by atoms with E-state index in [9.17, 15) is 31.5 Å². The molecule has 0 spiro atoms. The van der Waals surface area contributed by atoms with Gasteiger partial charge in [0.05, 0.1) is 23.1 Å². The Hall–Kier alpha value is -3.88. The quantitative estimate of drug-likeness (QED) is 0.245. The van der Waals surface area contributed by atoms with Gasteiger partial charge in [-0.05, 0) is 65.6 Å². The van der Waals surface area contributed by atoms with Gasteiger partial charge in [0.2, 0.25) is 5.91 Å². The Kier molecular flexibility index (Phi) is 9.02. The summed E-state index contributed by atoms with van der Waals surface area (Å²) >= 11 is 6.08. The van der Waals surface area contributed by atoms with Crippen LogP contribution in [0, 0.1) is 5.82 Å². The molecule has 0 saturated carbocycles. The van der Waals surface area contributed by atoms with Gasteiger partial charge in [-0.2, -0.15) is 8.42 Å². The fraction of sp³-hybridized carbons (Fsp3) is 0.226. The summed E-state index contributed by atoms with van der Waals surface area (Å²) in [5.41, 5.74) is 5.56. The predicted molar refractivity (Wildman–Crippen MR) is 166 cm³/mol. The monoisotopic (exact) mass is 674 g/mol. The summed E-state index contributed by atoms with van der Waals surface area (Å²) in [5.74, 6) is -2.50. The molecular formula is C31H28ClFN2O8S2. The van der Waals surface area contributed by atoms with E-state index in [0.717, 1.165) is 17.2 Å². The van der Waals surface area contributed by atoms with Gasteiger partial charge >= 0.3 is 0 Å². The molecule has 45 heavy (non-hydrogen) atoms. The molecule has 2 amide bonds. The molecule has 2 atom stereocenters. The number of rotatable bonds is 9. The molecule has 0 aromatic heterocycles. The third kappa shape index (κ3) is 6.72. The van der Waals surface area contributed by atoms with Crippen LogP contribution in [0.15, 0.2) is 82.6 Å². The average Bonchev–Trinajstić information content (AvgIpc) is 2.96. The first-order valence-electron chi connectivity index (χ1n) is 13.7.